The molecule has 1 fully saturated rings. The first-order valence-electron chi connectivity index (χ1n) is 12.7. The molecule has 2 amide bonds. The van der Waals surface area contributed by atoms with Gasteiger partial charge < -0.3 is 10.2 Å². The molecule has 39 heavy (non-hydrogen) atoms. The fourth-order valence-corrected chi connectivity index (χ4v) is 5.29. The summed E-state index contributed by atoms with van der Waals surface area (Å²) in [5.74, 6) is -5.52. The minimum atomic E-state index is -3.17. The maximum absolute atomic E-state index is 15.1. The molecule has 7 nitrogen and oxygen atoms in total. The van der Waals surface area contributed by atoms with Crippen LogP contribution in [0.3, 0.4) is 0 Å². The standard InChI is InChI=1S/C29H31F3N4O3/c1-16(2)26-29(31,32)14-24(20-6-5-7-23(30)13-20)36(26)25(37)15-33-27(38)21-9-8-19(17(3)10-21)12-22-11-18(4)34-35-28(22)39/h5-11,13,16,24,26H,12,14-15H2,1-4H3,(H,33,38)(H,35,39)/t24-,26-/m0/s1. The van der Waals surface area contributed by atoms with Crippen molar-refractivity contribution in [3.8, 4) is 0 Å². The maximum atomic E-state index is 15.1. The van der Waals surface area contributed by atoms with E-state index in [0.29, 0.717) is 17.7 Å². The molecule has 206 valence electrons. The van der Waals surface area contributed by atoms with Gasteiger partial charge in [-0.3, -0.25) is 14.4 Å². The van der Waals surface area contributed by atoms with Gasteiger partial charge in [-0.05, 0) is 66.8 Å². The molecule has 0 unspecified atom stereocenters. The van der Waals surface area contributed by atoms with Crippen LogP contribution in [0.4, 0.5) is 13.2 Å². The van der Waals surface area contributed by atoms with E-state index in [1.807, 2.05) is 6.92 Å². The Hall–Kier alpha value is -3.95. The summed E-state index contributed by atoms with van der Waals surface area (Å²) < 4.78 is 44.0. The molecule has 0 aliphatic carbocycles. The molecule has 10 heteroatoms. The average molecular weight is 541 g/mol. The Morgan fingerprint density at radius 3 is 2.54 bits per heavy atom. The molecule has 1 aromatic heterocycles. The van der Waals surface area contributed by atoms with Crippen molar-refractivity contribution in [1.29, 1.82) is 0 Å². The lowest BCUT2D eigenvalue weighted by molar-refractivity contribution is -0.138. The Kier molecular flexibility index (Phi) is 7.94. The number of rotatable bonds is 7. The molecule has 0 spiro atoms. The van der Waals surface area contributed by atoms with Crippen LogP contribution in [0.2, 0.25) is 0 Å². The number of amides is 2. The molecule has 0 bridgehead atoms. The van der Waals surface area contributed by atoms with Crippen LogP contribution >= 0.6 is 0 Å². The lowest BCUT2D eigenvalue weighted by Crippen LogP contribution is -2.49. The minimum Gasteiger partial charge on any atom is -0.343 e. The van der Waals surface area contributed by atoms with Gasteiger partial charge in [0.25, 0.3) is 17.4 Å². The third-order valence-corrected chi connectivity index (χ3v) is 7.08. The lowest BCUT2D eigenvalue weighted by atomic mass is 9.98. The van der Waals surface area contributed by atoms with E-state index in [2.05, 4.69) is 15.5 Å². The second-order valence-electron chi connectivity index (χ2n) is 10.4. The number of carbonyl (C=O) groups is 2. The first-order valence-corrected chi connectivity index (χ1v) is 12.7. The van der Waals surface area contributed by atoms with Crippen LogP contribution in [0.1, 0.15) is 64.6 Å². The topological polar surface area (TPSA) is 95.2 Å². The predicted octanol–water partition coefficient (Wildman–Crippen LogP) is 4.48. The van der Waals surface area contributed by atoms with E-state index in [1.165, 1.54) is 18.2 Å². The van der Waals surface area contributed by atoms with Crippen LogP contribution in [-0.2, 0) is 11.2 Å². The van der Waals surface area contributed by atoms with Crippen LogP contribution < -0.4 is 10.9 Å². The Morgan fingerprint density at radius 2 is 1.87 bits per heavy atom. The van der Waals surface area contributed by atoms with Crippen LogP contribution in [0.5, 0.6) is 0 Å². The van der Waals surface area contributed by atoms with Gasteiger partial charge in [0.05, 0.1) is 24.3 Å². The van der Waals surface area contributed by atoms with E-state index in [4.69, 9.17) is 0 Å². The van der Waals surface area contributed by atoms with E-state index in [0.717, 1.165) is 22.1 Å². The number of nitrogens with one attached hydrogen (secondary N) is 2. The van der Waals surface area contributed by atoms with Crippen LogP contribution in [0.25, 0.3) is 0 Å². The second kappa shape index (κ2) is 11.0. The van der Waals surface area contributed by atoms with E-state index in [-0.39, 0.29) is 16.7 Å². The summed E-state index contributed by atoms with van der Waals surface area (Å²) in [5.41, 5.74) is 3.12. The number of hydrogen-bond donors (Lipinski definition) is 2. The van der Waals surface area contributed by atoms with Crippen molar-refractivity contribution in [1.82, 2.24) is 20.4 Å². The summed E-state index contributed by atoms with van der Waals surface area (Å²) in [6, 6.07) is 9.58. The first-order chi connectivity index (χ1) is 18.4. The van der Waals surface area contributed by atoms with Gasteiger partial charge in [0.1, 0.15) is 5.82 Å². The van der Waals surface area contributed by atoms with Gasteiger partial charge in [-0.25, -0.2) is 18.3 Å². The number of aromatic amines is 1. The van der Waals surface area contributed by atoms with Crippen LogP contribution in [0.15, 0.2) is 53.3 Å². The van der Waals surface area contributed by atoms with E-state index < -0.39 is 54.5 Å². The fraction of sp³-hybridized carbons (Fsp3) is 0.379. The largest absolute Gasteiger partial charge is 0.343 e. The number of hydrogen-bond acceptors (Lipinski definition) is 4. The fourth-order valence-electron chi connectivity index (χ4n) is 5.29. The number of carbonyl (C=O) groups excluding carboxylic acids is 2. The molecular formula is C29H31F3N4O3. The van der Waals surface area contributed by atoms with Gasteiger partial charge in [-0.1, -0.05) is 32.0 Å². The molecule has 2 atom stereocenters. The molecule has 2 N–H and O–H groups in total. The van der Waals surface area contributed by atoms with E-state index >= 15 is 8.78 Å². The van der Waals surface area contributed by atoms with Gasteiger partial charge >= 0.3 is 0 Å². The Bertz CT molecular complexity index is 1450. The summed E-state index contributed by atoms with van der Waals surface area (Å²) in [6.07, 6.45) is -0.272. The molecule has 1 aliphatic rings. The first kappa shape index (κ1) is 28.1. The van der Waals surface area contributed by atoms with Crippen molar-refractivity contribution >= 4 is 11.8 Å². The molecule has 0 radical (unpaired) electrons. The smallest absolute Gasteiger partial charge is 0.270 e. The highest BCUT2D eigenvalue weighted by Gasteiger charge is 2.56. The van der Waals surface area contributed by atoms with Gasteiger partial charge in [0.15, 0.2) is 0 Å². The van der Waals surface area contributed by atoms with E-state index in [1.54, 1.807) is 45.0 Å². The van der Waals surface area contributed by atoms with Gasteiger partial charge in [-0.2, -0.15) is 5.10 Å². The second-order valence-corrected chi connectivity index (χ2v) is 10.4. The number of H-pyrrole nitrogens is 1. The Labute approximate surface area is 224 Å². The summed E-state index contributed by atoms with van der Waals surface area (Å²) in [6.45, 7) is 6.31. The highest BCUT2D eigenvalue weighted by Crippen LogP contribution is 2.48. The maximum Gasteiger partial charge on any atom is 0.270 e. The highest BCUT2D eigenvalue weighted by atomic mass is 19.3. The molecule has 4 rings (SSSR count). The van der Waals surface area contributed by atoms with Crippen LogP contribution in [0, 0.1) is 25.6 Å². The van der Waals surface area contributed by atoms with E-state index in [9.17, 15) is 18.8 Å². The monoisotopic (exact) mass is 540 g/mol. The quantitative estimate of drug-likeness (QED) is 0.462. The molecular weight excluding hydrogens is 509 g/mol. The number of aromatic nitrogens is 2. The highest BCUT2D eigenvalue weighted by molar-refractivity contribution is 5.96. The Morgan fingerprint density at radius 1 is 1.13 bits per heavy atom. The normalized spacial score (nSPS) is 18.4. The number of benzene rings is 2. The predicted molar refractivity (Wildman–Crippen MR) is 140 cm³/mol. The van der Waals surface area contributed by atoms with Crippen molar-refractivity contribution < 1.29 is 22.8 Å². The van der Waals surface area contributed by atoms with Gasteiger partial charge in [-0.15, -0.1) is 0 Å². The average Bonchev–Trinajstić information content (AvgIpc) is 3.17. The van der Waals surface area contributed by atoms with Crippen molar-refractivity contribution in [2.75, 3.05) is 6.54 Å². The molecule has 0 saturated carbocycles. The third-order valence-electron chi connectivity index (χ3n) is 7.08. The summed E-state index contributed by atoms with van der Waals surface area (Å²) >= 11 is 0. The lowest BCUT2D eigenvalue weighted by Gasteiger charge is -2.33. The summed E-state index contributed by atoms with van der Waals surface area (Å²) in [4.78, 5) is 39.3. The van der Waals surface area contributed by atoms with Crippen molar-refractivity contribution in [3.05, 3.63) is 98.2 Å². The Balaban J connectivity index is 1.49. The zero-order valence-electron chi connectivity index (χ0n) is 22.2. The van der Waals surface area contributed by atoms with Crippen molar-refractivity contribution in [2.45, 2.75) is 58.5 Å². The number of likely N-dealkylation sites (tertiary alicyclic amines) is 1. The number of alkyl halides is 2. The summed E-state index contributed by atoms with van der Waals surface area (Å²) in [7, 11) is 0. The third kappa shape index (κ3) is 6.05. The van der Waals surface area contributed by atoms with Gasteiger partial charge in [0, 0.05) is 24.0 Å². The molecule has 1 aliphatic heterocycles. The van der Waals surface area contributed by atoms with Crippen molar-refractivity contribution in [3.63, 3.8) is 0 Å². The SMILES string of the molecule is Cc1cc(Cc2ccc(C(=O)NCC(=O)N3[C@@H](C(C)C)C(F)(F)C[C@H]3c3cccc(F)c3)cc2C)c(=O)[nH]n1. The molecule has 2 aromatic carbocycles. The number of halogens is 3. The number of aryl methyl sites for hydroxylation is 2. The van der Waals surface area contributed by atoms with Crippen LogP contribution in [-0.4, -0.2) is 45.4 Å². The zero-order chi connectivity index (χ0) is 28.5. The molecule has 3 aromatic rings. The molecule has 1 saturated heterocycles. The molecule has 2 heterocycles. The minimum absolute atomic E-state index is 0.284. The zero-order valence-corrected chi connectivity index (χ0v) is 22.2. The van der Waals surface area contributed by atoms with Gasteiger partial charge in [0.2, 0.25) is 5.91 Å². The van der Waals surface area contributed by atoms with Crippen molar-refractivity contribution in [2.24, 2.45) is 5.92 Å². The summed E-state index contributed by atoms with van der Waals surface area (Å²) in [5, 5.41) is 8.87. The number of nitrogens with zero attached hydrogens (tertiary/aromatic N) is 2.